The Morgan fingerprint density at radius 3 is 2.47 bits per heavy atom. The van der Waals surface area contributed by atoms with Gasteiger partial charge in [0.05, 0.1) is 25.5 Å². The van der Waals surface area contributed by atoms with Gasteiger partial charge in [-0.05, 0) is 6.07 Å². The monoisotopic (exact) mass is 264 g/mol. The molecule has 0 radical (unpaired) electrons. The van der Waals surface area contributed by atoms with E-state index < -0.39 is 0 Å². The zero-order valence-corrected chi connectivity index (χ0v) is 11.1. The molecule has 0 fully saturated rings. The summed E-state index contributed by atoms with van der Waals surface area (Å²) in [5.74, 6) is 1.88. The van der Waals surface area contributed by atoms with Crippen LogP contribution < -0.4 is 14.2 Å². The van der Waals surface area contributed by atoms with Gasteiger partial charge in [-0.25, -0.2) is 0 Å². The zero-order chi connectivity index (χ0) is 13.7. The second-order valence-electron chi connectivity index (χ2n) is 3.72. The van der Waals surface area contributed by atoms with Crippen LogP contribution in [-0.2, 0) is 4.74 Å². The Morgan fingerprint density at radius 2 is 1.89 bits per heavy atom. The number of aromatic amines is 1. The van der Waals surface area contributed by atoms with Gasteiger partial charge in [-0.3, -0.25) is 5.10 Å². The van der Waals surface area contributed by atoms with Crippen molar-refractivity contribution in [3.8, 4) is 28.5 Å². The van der Waals surface area contributed by atoms with Gasteiger partial charge in [0.15, 0.2) is 6.79 Å². The lowest BCUT2D eigenvalue weighted by Crippen LogP contribution is -2.02. The molecule has 19 heavy (non-hydrogen) atoms. The summed E-state index contributed by atoms with van der Waals surface area (Å²) in [6.07, 6.45) is 1.67. The molecule has 6 nitrogen and oxygen atoms in total. The molecule has 0 aliphatic rings. The average molecular weight is 264 g/mol. The van der Waals surface area contributed by atoms with Crippen LogP contribution >= 0.6 is 0 Å². The number of hydrogen-bond donors (Lipinski definition) is 1. The molecule has 0 atom stereocenters. The highest BCUT2D eigenvalue weighted by Gasteiger charge is 2.16. The fourth-order valence-corrected chi connectivity index (χ4v) is 1.74. The van der Waals surface area contributed by atoms with E-state index in [1.807, 2.05) is 6.07 Å². The molecule has 0 amide bonds. The van der Waals surface area contributed by atoms with Crippen LogP contribution in [0.4, 0.5) is 0 Å². The summed E-state index contributed by atoms with van der Waals surface area (Å²) in [6.45, 7) is 0.136. The van der Waals surface area contributed by atoms with Gasteiger partial charge in [-0.2, -0.15) is 5.10 Å². The lowest BCUT2D eigenvalue weighted by atomic mass is 10.1. The molecular weight excluding hydrogens is 248 g/mol. The Hall–Kier alpha value is -2.21. The minimum atomic E-state index is 0.136. The molecule has 2 aromatic rings. The van der Waals surface area contributed by atoms with Gasteiger partial charge in [0.2, 0.25) is 0 Å². The molecule has 0 saturated carbocycles. The number of ether oxygens (including phenoxy) is 4. The molecule has 1 aromatic carbocycles. The van der Waals surface area contributed by atoms with Crippen LogP contribution in [-0.4, -0.2) is 38.3 Å². The largest absolute Gasteiger partial charge is 0.496 e. The molecule has 0 spiro atoms. The van der Waals surface area contributed by atoms with Gasteiger partial charge in [0, 0.05) is 25.4 Å². The highest BCUT2D eigenvalue weighted by atomic mass is 16.7. The first-order valence-electron chi connectivity index (χ1n) is 5.67. The van der Waals surface area contributed by atoms with Crippen molar-refractivity contribution in [2.45, 2.75) is 0 Å². The van der Waals surface area contributed by atoms with E-state index in [9.17, 15) is 0 Å². The highest BCUT2D eigenvalue weighted by molar-refractivity contribution is 5.75. The Morgan fingerprint density at radius 1 is 1.11 bits per heavy atom. The van der Waals surface area contributed by atoms with Gasteiger partial charge in [-0.15, -0.1) is 0 Å². The minimum absolute atomic E-state index is 0.136. The van der Waals surface area contributed by atoms with Crippen molar-refractivity contribution in [1.29, 1.82) is 0 Å². The number of aromatic nitrogens is 2. The Balaban J connectivity index is 2.53. The third-order valence-corrected chi connectivity index (χ3v) is 2.60. The Bertz CT molecular complexity index is 526. The van der Waals surface area contributed by atoms with Crippen LogP contribution in [0.25, 0.3) is 11.3 Å². The molecular formula is C13H16N2O4. The molecule has 6 heteroatoms. The molecule has 0 saturated heterocycles. The molecule has 1 heterocycles. The number of nitrogens with one attached hydrogen (secondary N) is 1. The van der Waals surface area contributed by atoms with Crippen molar-refractivity contribution < 1.29 is 18.9 Å². The molecule has 1 aromatic heterocycles. The highest BCUT2D eigenvalue weighted by Crippen LogP contribution is 2.40. The van der Waals surface area contributed by atoms with E-state index in [4.69, 9.17) is 18.9 Å². The van der Waals surface area contributed by atoms with Crippen molar-refractivity contribution in [3.05, 3.63) is 24.4 Å². The summed E-state index contributed by atoms with van der Waals surface area (Å²) in [7, 11) is 4.74. The zero-order valence-electron chi connectivity index (χ0n) is 11.1. The molecule has 1 N–H and O–H groups in total. The number of hydrogen-bond acceptors (Lipinski definition) is 5. The predicted octanol–water partition coefficient (Wildman–Crippen LogP) is 2.08. The van der Waals surface area contributed by atoms with Crippen LogP contribution in [0.5, 0.6) is 17.2 Å². The number of rotatable bonds is 6. The quantitative estimate of drug-likeness (QED) is 0.809. The van der Waals surface area contributed by atoms with Crippen LogP contribution in [0, 0.1) is 0 Å². The van der Waals surface area contributed by atoms with Gasteiger partial charge in [0.1, 0.15) is 17.2 Å². The summed E-state index contributed by atoms with van der Waals surface area (Å²) >= 11 is 0. The number of nitrogens with zero attached hydrogens (tertiary/aromatic N) is 1. The summed E-state index contributed by atoms with van der Waals surface area (Å²) in [5.41, 5.74) is 1.57. The SMILES string of the molecule is COCOc1cc(OC)cc(OC)c1-c1ccn[nH]1. The van der Waals surface area contributed by atoms with Gasteiger partial charge >= 0.3 is 0 Å². The fourth-order valence-electron chi connectivity index (χ4n) is 1.74. The van der Waals surface area contributed by atoms with Crippen LogP contribution in [0.2, 0.25) is 0 Å². The Kier molecular flexibility index (Phi) is 4.25. The van der Waals surface area contributed by atoms with Gasteiger partial charge in [-0.1, -0.05) is 0 Å². The maximum absolute atomic E-state index is 5.57. The first-order chi connectivity index (χ1) is 9.30. The van der Waals surface area contributed by atoms with E-state index in [2.05, 4.69) is 10.2 Å². The average Bonchev–Trinajstić information content (AvgIpc) is 2.97. The van der Waals surface area contributed by atoms with Gasteiger partial charge < -0.3 is 18.9 Å². The van der Waals surface area contributed by atoms with E-state index >= 15 is 0 Å². The Labute approximate surface area is 111 Å². The second kappa shape index (κ2) is 6.10. The fraction of sp³-hybridized carbons (Fsp3) is 0.308. The molecule has 2 rings (SSSR count). The number of methoxy groups -OCH3 is 3. The standard InChI is InChI=1S/C13H16N2O4/c1-16-8-19-12-7-9(17-2)6-11(18-3)13(12)10-4-5-14-15-10/h4-7H,8H2,1-3H3,(H,14,15). The topological polar surface area (TPSA) is 65.6 Å². The summed E-state index contributed by atoms with van der Waals surface area (Å²) in [6, 6.07) is 5.40. The maximum Gasteiger partial charge on any atom is 0.188 e. The van der Waals surface area contributed by atoms with Crippen molar-refractivity contribution in [2.24, 2.45) is 0 Å². The smallest absolute Gasteiger partial charge is 0.188 e. The molecule has 0 unspecified atom stereocenters. The summed E-state index contributed by atoms with van der Waals surface area (Å²) in [5, 5.41) is 6.83. The molecule has 0 aliphatic carbocycles. The molecule has 0 aliphatic heterocycles. The number of H-pyrrole nitrogens is 1. The van der Waals surface area contributed by atoms with E-state index in [-0.39, 0.29) is 6.79 Å². The van der Waals surface area contributed by atoms with Crippen LogP contribution in [0.15, 0.2) is 24.4 Å². The third-order valence-electron chi connectivity index (χ3n) is 2.60. The maximum atomic E-state index is 5.57. The minimum Gasteiger partial charge on any atom is -0.496 e. The van der Waals surface area contributed by atoms with Crippen LogP contribution in [0.1, 0.15) is 0 Å². The van der Waals surface area contributed by atoms with E-state index in [1.54, 1.807) is 39.7 Å². The summed E-state index contributed by atoms with van der Waals surface area (Å²) in [4.78, 5) is 0. The lowest BCUT2D eigenvalue weighted by Gasteiger charge is -2.15. The second-order valence-corrected chi connectivity index (χ2v) is 3.72. The predicted molar refractivity (Wildman–Crippen MR) is 69.6 cm³/mol. The van der Waals surface area contributed by atoms with Gasteiger partial charge in [0.25, 0.3) is 0 Å². The van der Waals surface area contributed by atoms with E-state index in [1.165, 1.54) is 0 Å². The van der Waals surface area contributed by atoms with Crippen LogP contribution in [0.3, 0.4) is 0 Å². The lowest BCUT2D eigenvalue weighted by molar-refractivity contribution is 0.0512. The first kappa shape index (κ1) is 13.2. The normalized spacial score (nSPS) is 10.3. The third kappa shape index (κ3) is 2.79. The van der Waals surface area contributed by atoms with Crippen molar-refractivity contribution in [2.75, 3.05) is 28.1 Å². The van der Waals surface area contributed by atoms with E-state index in [0.29, 0.717) is 17.2 Å². The first-order valence-corrected chi connectivity index (χ1v) is 5.67. The van der Waals surface area contributed by atoms with Crippen molar-refractivity contribution in [1.82, 2.24) is 10.2 Å². The van der Waals surface area contributed by atoms with Crippen molar-refractivity contribution >= 4 is 0 Å². The van der Waals surface area contributed by atoms with E-state index in [0.717, 1.165) is 11.3 Å². The molecule has 0 bridgehead atoms. The molecule has 102 valence electrons. The van der Waals surface area contributed by atoms with Crippen molar-refractivity contribution in [3.63, 3.8) is 0 Å². The summed E-state index contributed by atoms with van der Waals surface area (Å²) < 4.78 is 21.1. The number of benzene rings is 1.